The van der Waals surface area contributed by atoms with Crippen LogP contribution in [-0.4, -0.2) is 63.6 Å². The summed E-state index contributed by atoms with van der Waals surface area (Å²) in [4.78, 5) is 16.5. The minimum Gasteiger partial charge on any atom is -0.341 e. The first-order valence-corrected chi connectivity index (χ1v) is 10.1. The zero-order chi connectivity index (χ0) is 17.5. The summed E-state index contributed by atoms with van der Waals surface area (Å²) in [6.07, 6.45) is 1.07. The lowest BCUT2D eigenvalue weighted by atomic mass is 9.88. The molecular weight excluding hydrogens is 362 g/mol. The predicted molar refractivity (Wildman–Crippen MR) is 100 cm³/mol. The van der Waals surface area contributed by atoms with E-state index in [0.717, 1.165) is 12.8 Å². The van der Waals surface area contributed by atoms with Crippen LogP contribution in [0.3, 0.4) is 0 Å². The Labute approximate surface area is 156 Å². The average Bonchev–Trinajstić information content (AvgIpc) is 3.02. The number of halogens is 1. The van der Waals surface area contributed by atoms with Crippen LogP contribution in [-0.2, 0) is 14.8 Å². The number of nitrogens with one attached hydrogen (secondary N) is 1. The molecule has 2 fully saturated rings. The molecule has 140 valence electrons. The first-order valence-electron chi connectivity index (χ1n) is 8.24. The fraction of sp³-hybridized carbons (Fsp3) is 0.588. The summed E-state index contributed by atoms with van der Waals surface area (Å²) in [7, 11) is -1.20. The van der Waals surface area contributed by atoms with E-state index in [9.17, 15) is 13.2 Å². The van der Waals surface area contributed by atoms with Gasteiger partial charge in [-0.25, -0.2) is 13.1 Å². The third-order valence-electron chi connectivity index (χ3n) is 5.24. The van der Waals surface area contributed by atoms with Gasteiger partial charge in [-0.1, -0.05) is 24.3 Å². The number of rotatable bonds is 4. The fourth-order valence-electron chi connectivity index (χ4n) is 4.15. The van der Waals surface area contributed by atoms with Crippen molar-refractivity contribution in [3.8, 4) is 0 Å². The maximum atomic E-state index is 12.3. The second kappa shape index (κ2) is 7.61. The van der Waals surface area contributed by atoms with Gasteiger partial charge in [0.25, 0.3) is 0 Å². The van der Waals surface area contributed by atoms with E-state index in [1.165, 1.54) is 11.1 Å². The van der Waals surface area contributed by atoms with E-state index in [0.29, 0.717) is 31.0 Å². The quantitative estimate of drug-likeness (QED) is 0.837. The van der Waals surface area contributed by atoms with Crippen LogP contribution in [0.15, 0.2) is 24.3 Å². The summed E-state index contributed by atoms with van der Waals surface area (Å²) in [5, 5.41) is 0. The number of benzene rings is 1. The van der Waals surface area contributed by atoms with E-state index in [-0.39, 0.29) is 24.9 Å². The number of aryl methyl sites for hydroxylation is 1. The third-order valence-corrected chi connectivity index (χ3v) is 5.91. The Bertz CT molecular complexity index is 740. The van der Waals surface area contributed by atoms with Gasteiger partial charge in [0.05, 0.1) is 12.8 Å². The molecule has 0 radical (unpaired) electrons. The summed E-state index contributed by atoms with van der Waals surface area (Å²) in [6.45, 7) is 4.35. The van der Waals surface area contributed by atoms with Gasteiger partial charge in [-0.2, -0.15) is 0 Å². The highest BCUT2D eigenvalue weighted by atomic mass is 35.5. The Balaban J connectivity index is 0.00000225. The Morgan fingerprint density at radius 1 is 1.24 bits per heavy atom. The van der Waals surface area contributed by atoms with E-state index in [1.54, 1.807) is 0 Å². The molecule has 0 saturated carbocycles. The van der Waals surface area contributed by atoms with Crippen LogP contribution in [0.5, 0.6) is 0 Å². The standard InChI is InChI=1S/C17H25N3O3S.ClH/c1-12-6-4-5-7-14(12)17-15-11-20(10-13(15)9-19(17)2)16(21)8-18-24(3,22)23;/h4-7,13,15,17-18H,8-11H2,1-3H3;1H/t13-,15+,17-;/m0./s1. The number of carbonyl (C=O) groups is 1. The molecular formula is C17H26ClN3O3S. The molecule has 1 aromatic carbocycles. The van der Waals surface area contributed by atoms with Gasteiger partial charge in [0.1, 0.15) is 0 Å². The number of hydrogen-bond acceptors (Lipinski definition) is 4. The molecule has 3 rings (SSSR count). The van der Waals surface area contributed by atoms with Gasteiger partial charge < -0.3 is 4.90 Å². The lowest BCUT2D eigenvalue weighted by Gasteiger charge is -2.28. The van der Waals surface area contributed by atoms with Crippen molar-refractivity contribution < 1.29 is 13.2 Å². The van der Waals surface area contributed by atoms with E-state index in [2.05, 4.69) is 41.8 Å². The molecule has 2 saturated heterocycles. The van der Waals surface area contributed by atoms with Crippen molar-refractivity contribution in [2.45, 2.75) is 13.0 Å². The van der Waals surface area contributed by atoms with Crippen LogP contribution in [0.4, 0.5) is 0 Å². The predicted octanol–water partition coefficient (Wildman–Crippen LogP) is 1.03. The second-order valence-electron chi connectivity index (χ2n) is 7.06. The monoisotopic (exact) mass is 387 g/mol. The number of hydrogen-bond donors (Lipinski definition) is 1. The van der Waals surface area contributed by atoms with E-state index >= 15 is 0 Å². The topological polar surface area (TPSA) is 69.7 Å². The summed E-state index contributed by atoms with van der Waals surface area (Å²) < 4.78 is 24.6. The van der Waals surface area contributed by atoms with Gasteiger partial charge >= 0.3 is 0 Å². The minimum atomic E-state index is -3.34. The van der Waals surface area contributed by atoms with Crippen LogP contribution in [0.25, 0.3) is 0 Å². The van der Waals surface area contributed by atoms with Gasteiger partial charge in [0.15, 0.2) is 0 Å². The summed E-state index contributed by atoms with van der Waals surface area (Å²) in [6, 6.07) is 8.74. The van der Waals surface area contributed by atoms with Crippen LogP contribution in [0.1, 0.15) is 17.2 Å². The van der Waals surface area contributed by atoms with Crippen molar-refractivity contribution in [2.75, 3.05) is 39.5 Å². The number of amides is 1. The van der Waals surface area contributed by atoms with Crippen molar-refractivity contribution in [1.29, 1.82) is 0 Å². The summed E-state index contributed by atoms with van der Waals surface area (Å²) in [5.74, 6) is 0.709. The number of nitrogens with zero attached hydrogens (tertiary/aromatic N) is 2. The zero-order valence-corrected chi connectivity index (χ0v) is 16.4. The van der Waals surface area contributed by atoms with Gasteiger partial charge in [-0.15, -0.1) is 12.4 Å². The smallest absolute Gasteiger partial charge is 0.237 e. The second-order valence-corrected chi connectivity index (χ2v) is 8.89. The summed E-state index contributed by atoms with van der Waals surface area (Å²) >= 11 is 0. The van der Waals surface area contributed by atoms with Crippen molar-refractivity contribution in [2.24, 2.45) is 11.8 Å². The molecule has 3 atom stereocenters. The highest BCUT2D eigenvalue weighted by Crippen LogP contribution is 2.44. The van der Waals surface area contributed by atoms with Gasteiger partial charge in [-0.05, 0) is 31.0 Å². The van der Waals surface area contributed by atoms with Crippen molar-refractivity contribution >= 4 is 28.3 Å². The van der Waals surface area contributed by atoms with Crippen LogP contribution < -0.4 is 4.72 Å². The molecule has 1 aromatic rings. The van der Waals surface area contributed by atoms with Gasteiger partial charge in [0.2, 0.25) is 15.9 Å². The number of carbonyl (C=O) groups excluding carboxylic acids is 1. The molecule has 0 bridgehead atoms. The van der Waals surface area contributed by atoms with Gasteiger partial charge in [-0.3, -0.25) is 9.69 Å². The van der Waals surface area contributed by atoms with Crippen LogP contribution >= 0.6 is 12.4 Å². The number of sulfonamides is 1. The van der Waals surface area contributed by atoms with E-state index in [4.69, 9.17) is 0 Å². The first-order chi connectivity index (χ1) is 11.3. The Kier molecular flexibility index (Phi) is 6.14. The molecule has 8 heteroatoms. The molecule has 6 nitrogen and oxygen atoms in total. The molecule has 2 aliphatic heterocycles. The zero-order valence-electron chi connectivity index (χ0n) is 14.8. The SMILES string of the molecule is Cc1ccccc1[C@H]1[C@@H]2CN(C(=O)CNS(C)(=O)=O)C[C@@H]2CN1C.Cl. The maximum absolute atomic E-state index is 12.3. The van der Waals surface area contributed by atoms with Crippen LogP contribution in [0, 0.1) is 18.8 Å². The largest absolute Gasteiger partial charge is 0.341 e. The first kappa shape index (κ1) is 20.2. The van der Waals surface area contributed by atoms with Crippen molar-refractivity contribution in [3.63, 3.8) is 0 Å². The Hall–Kier alpha value is -1.15. The Morgan fingerprint density at radius 3 is 2.56 bits per heavy atom. The molecule has 0 spiro atoms. The number of likely N-dealkylation sites (tertiary alicyclic amines) is 2. The number of fused-ring (bicyclic) bond motifs is 1. The molecule has 0 aliphatic carbocycles. The highest BCUT2D eigenvalue weighted by molar-refractivity contribution is 7.88. The Morgan fingerprint density at radius 2 is 1.92 bits per heavy atom. The molecule has 1 amide bonds. The summed E-state index contributed by atoms with van der Waals surface area (Å²) in [5.41, 5.74) is 2.61. The lowest BCUT2D eigenvalue weighted by Crippen LogP contribution is -2.40. The molecule has 0 unspecified atom stereocenters. The molecule has 2 heterocycles. The third kappa shape index (κ3) is 4.34. The average molecular weight is 388 g/mol. The van der Waals surface area contributed by atoms with E-state index in [1.807, 2.05) is 11.0 Å². The van der Waals surface area contributed by atoms with Gasteiger partial charge in [0, 0.05) is 31.6 Å². The van der Waals surface area contributed by atoms with E-state index < -0.39 is 10.0 Å². The molecule has 25 heavy (non-hydrogen) atoms. The van der Waals surface area contributed by atoms with Crippen LogP contribution in [0.2, 0.25) is 0 Å². The molecule has 2 aliphatic rings. The van der Waals surface area contributed by atoms with Crippen molar-refractivity contribution in [3.05, 3.63) is 35.4 Å². The fourth-order valence-corrected chi connectivity index (χ4v) is 4.54. The van der Waals surface area contributed by atoms with Crippen molar-refractivity contribution in [1.82, 2.24) is 14.5 Å². The maximum Gasteiger partial charge on any atom is 0.237 e. The normalized spacial score (nSPS) is 26.4. The molecule has 0 aromatic heterocycles. The molecule has 1 N–H and O–H groups in total. The highest BCUT2D eigenvalue weighted by Gasteiger charge is 2.47. The lowest BCUT2D eigenvalue weighted by molar-refractivity contribution is -0.129. The minimum absolute atomic E-state index is 0.